The zero-order chi connectivity index (χ0) is 14.0. The minimum absolute atomic E-state index is 0.0000630. The molecule has 0 fully saturated rings. The first-order chi connectivity index (χ1) is 8.41. The first kappa shape index (κ1) is 17.1. The van der Waals surface area contributed by atoms with Crippen molar-refractivity contribution in [1.29, 1.82) is 0 Å². The molecule has 0 radical (unpaired) electrons. The summed E-state index contributed by atoms with van der Waals surface area (Å²) in [5, 5.41) is 27.2. The second kappa shape index (κ2) is 10.0. The molecule has 9 nitrogen and oxygen atoms in total. The smallest absolute Gasteiger partial charge is 0.294 e. The van der Waals surface area contributed by atoms with Crippen LogP contribution in [0.1, 0.15) is 6.92 Å². The van der Waals surface area contributed by atoms with Gasteiger partial charge in [0.05, 0.1) is 12.7 Å². The molecular formula is C7H14N2O7S2. The SMILES string of the molecule is CC(CO[N+](=O)[O-])CSSCC(O)CO[N+](=O)[O-]. The molecule has 0 aliphatic rings. The monoisotopic (exact) mass is 302 g/mol. The Morgan fingerprint density at radius 2 is 1.61 bits per heavy atom. The van der Waals surface area contributed by atoms with E-state index in [-0.39, 0.29) is 24.9 Å². The molecule has 18 heavy (non-hydrogen) atoms. The van der Waals surface area contributed by atoms with Gasteiger partial charge in [-0.05, 0) is 5.92 Å². The summed E-state index contributed by atoms with van der Waals surface area (Å²) in [4.78, 5) is 28.0. The molecule has 0 amide bonds. The molecule has 0 saturated carbocycles. The Kier molecular flexibility index (Phi) is 9.50. The molecule has 0 spiro atoms. The Balaban J connectivity index is 3.43. The van der Waals surface area contributed by atoms with Crippen molar-refractivity contribution in [3.05, 3.63) is 20.2 Å². The van der Waals surface area contributed by atoms with Gasteiger partial charge in [0, 0.05) is 11.5 Å². The van der Waals surface area contributed by atoms with Crippen LogP contribution >= 0.6 is 21.6 Å². The fraction of sp³-hybridized carbons (Fsp3) is 1.00. The first-order valence-corrected chi connectivity index (χ1v) is 7.37. The number of aliphatic hydroxyl groups is 1. The van der Waals surface area contributed by atoms with Crippen molar-refractivity contribution >= 4 is 21.6 Å². The number of nitrogens with zero attached hydrogens (tertiary/aromatic N) is 2. The molecule has 0 bridgehead atoms. The van der Waals surface area contributed by atoms with E-state index in [0.29, 0.717) is 5.75 Å². The van der Waals surface area contributed by atoms with Crippen LogP contribution in [0.3, 0.4) is 0 Å². The molecule has 2 unspecified atom stereocenters. The second-order valence-corrected chi connectivity index (χ2v) is 5.92. The normalized spacial score (nSPS) is 13.7. The zero-order valence-electron chi connectivity index (χ0n) is 9.59. The Morgan fingerprint density at radius 1 is 1.11 bits per heavy atom. The highest BCUT2D eigenvalue weighted by molar-refractivity contribution is 8.76. The summed E-state index contributed by atoms with van der Waals surface area (Å²) in [6, 6.07) is 0. The summed E-state index contributed by atoms with van der Waals surface area (Å²) in [6.07, 6.45) is -0.918. The van der Waals surface area contributed by atoms with Crippen LogP contribution < -0.4 is 0 Å². The number of hydrogen-bond donors (Lipinski definition) is 1. The van der Waals surface area contributed by atoms with Crippen LogP contribution in [-0.2, 0) is 9.68 Å². The van der Waals surface area contributed by atoms with E-state index < -0.39 is 16.3 Å². The lowest BCUT2D eigenvalue weighted by Crippen LogP contribution is -2.20. The molecule has 1 N–H and O–H groups in total. The molecule has 106 valence electrons. The van der Waals surface area contributed by atoms with Gasteiger partial charge in [0.1, 0.15) is 6.61 Å². The van der Waals surface area contributed by atoms with Crippen molar-refractivity contribution < 1.29 is 25.0 Å². The van der Waals surface area contributed by atoms with Crippen LogP contribution in [0.4, 0.5) is 0 Å². The lowest BCUT2D eigenvalue weighted by Gasteiger charge is -2.10. The first-order valence-electron chi connectivity index (χ1n) is 4.89. The maximum Gasteiger partial charge on any atom is 0.294 e. The largest absolute Gasteiger partial charge is 0.390 e. The van der Waals surface area contributed by atoms with Gasteiger partial charge in [-0.2, -0.15) is 0 Å². The summed E-state index contributed by atoms with van der Waals surface area (Å²) in [7, 11) is 2.72. The number of aliphatic hydroxyl groups excluding tert-OH is 1. The van der Waals surface area contributed by atoms with E-state index in [4.69, 9.17) is 0 Å². The maximum absolute atomic E-state index is 9.92. The highest BCUT2D eigenvalue weighted by Crippen LogP contribution is 2.24. The quantitative estimate of drug-likeness (QED) is 0.255. The van der Waals surface area contributed by atoms with E-state index in [9.17, 15) is 25.3 Å². The molecule has 0 aliphatic heterocycles. The molecule has 0 heterocycles. The van der Waals surface area contributed by atoms with Gasteiger partial charge in [-0.3, -0.25) is 0 Å². The average molecular weight is 302 g/mol. The maximum atomic E-state index is 9.92. The van der Waals surface area contributed by atoms with Gasteiger partial charge in [-0.1, -0.05) is 28.5 Å². The molecule has 0 aromatic heterocycles. The van der Waals surface area contributed by atoms with Crippen LogP contribution in [-0.4, -0.2) is 46.1 Å². The Hall–Kier alpha value is -0.940. The molecule has 2 atom stereocenters. The summed E-state index contributed by atoms with van der Waals surface area (Å²) in [6.45, 7) is 1.46. The van der Waals surface area contributed by atoms with Gasteiger partial charge in [-0.25, -0.2) is 0 Å². The highest BCUT2D eigenvalue weighted by atomic mass is 33.1. The topological polar surface area (TPSA) is 125 Å². The van der Waals surface area contributed by atoms with Crippen molar-refractivity contribution in [3.8, 4) is 0 Å². The summed E-state index contributed by atoms with van der Waals surface area (Å²) in [5.41, 5.74) is 0. The molecule has 0 rings (SSSR count). The third kappa shape index (κ3) is 11.5. The molecule has 0 aromatic rings. The third-order valence-electron chi connectivity index (χ3n) is 1.53. The van der Waals surface area contributed by atoms with E-state index in [1.807, 2.05) is 0 Å². The van der Waals surface area contributed by atoms with Gasteiger partial charge in [0.2, 0.25) is 0 Å². The predicted molar refractivity (Wildman–Crippen MR) is 66.0 cm³/mol. The lowest BCUT2D eigenvalue weighted by molar-refractivity contribution is -0.759. The summed E-state index contributed by atoms with van der Waals surface area (Å²) < 4.78 is 0. The van der Waals surface area contributed by atoms with E-state index in [2.05, 4.69) is 9.68 Å². The van der Waals surface area contributed by atoms with Gasteiger partial charge in [0.25, 0.3) is 10.2 Å². The minimum atomic E-state index is -0.960. The fourth-order valence-electron chi connectivity index (χ4n) is 0.722. The van der Waals surface area contributed by atoms with Gasteiger partial charge < -0.3 is 14.8 Å². The standard InChI is InChI=1S/C7H14N2O7S2/c1-6(2-15-8(11)12)4-17-18-5-7(10)3-16-9(13)14/h6-7,10H,2-5H2,1H3. The zero-order valence-corrected chi connectivity index (χ0v) is 11.2. The number of rotatable bonds is 11. The van der Waals surface area contributed by atoms with Crippen molar-refractivity contribution in [2.75, 3.05) is 24.7 Å². The lowest BCUT2D eigenvalue weighted by atomic mass is 10.2. The Morgan fingerprint density at radius 3 is 2.17 bits per heavy atom. The fourth-order valence-corrected chi connectivity index (χ4v) is 3.24. The van der Waals surface area contributed by atoms with Crippen molar-refractivity contribution in [3.63, 3.8) is 0 Å². The summed E-state index contributed by atoms with van der Waals surface area (Å²) >= 11 is 0. The van der Waals surface area contributed by atoms with Gasteiger partial charge in [0.15, 0.2) is 0 Å². The molecular weight excluding hydrogens is 288 g/mol. The van der Waals surface area contributed by atoms with Crippen LogP contribution in [0.5, 0.6) is 0 Å². The molecule has 0 aromatic carbocycles. The summed E-state index contributed by atoms with van der Waals surface area (Å²) in [5.74, 6) is 0.892. The van der Waals surface area contributed by atoms with E-state index in [1.165, 1.54) is 21.6 Å². The van der Waals surface area contributed by atoms with Gasteiger partial charge in [-0.15, -0.1) is 20.2 Å². The molecule has 11 heteroatoms. The minimum Gasteiger partial charge on any atom is -0.390 e. The van der Waals surface area contributed by atoms with E-state index >= 15 is 0 Å². The van der Waals surface area contributed by atoms with Crippen LogP contribution in [0, 0.1) is 26.1 Å². The third-order valence-corrected chi connectivity index (χ3v) is 4.24. The average Bonchev–Trinajstić information content (AvgIpc) is 2.29. The predicted octanol–water partition coefficient (Wildman–Crippen LogP) is 0.781. The van der Waals surface area contributed by atoms with Crippen LogP contribution in [0.15, 0.2) is 0 Å². The Labute approximate surface area is 111 Å². The molecule has 0 aliphatic carbocycles. The van der Waals surface area contributed by atoms with E-state index in [0.717, 1.165) is 0 Å². The highest BCUT2D eigenvalue weighted by Gasteiger charge is 2.09. The van der Waals surface area contributed by atoms with Crippen molar-refractivity contribution in [1.82, 2.24) is 0 Å². The number of hydrogen-bond acceptors (Lipinski definition) is 9. The van der Waals surface area contributed by atoms with Crippen molar-refractivity contribution in [2.45, 2.75) is 13.0 Å². The van der Waals surface area contributed by atoms with E-state index in [1.54, 1.807) is 6.92 Å². The molecule has 0 saturated heterocycles. The van der Waals surface area contributed by atoms with Crippen LogP contribution in [0.25, 0.3) is 0 Å². The Bertz CT molecular complexity index is 242. The van der Waals surface area contributed by atoms with Crippen LogP contribution in [0.2, 0.25) is 0 Å². The van der Waals surface area contributed by atoms with Gasteiger partial charge >= 0.3 is 0 Å². The van der Waals surface area contributed by atoms with Crippen molar-refractivity contribution in [2.24, 2.45) is 5.92 Å². The second-order valence-electron chi connectivity index (χ2n) is 3.37.